The molecule has 5 fully saturated rings. The molecule has 7 nitrogen and oxygen atoms in total. The van der Waals surface area contributed by atoms with Gasteiger partial charge in [-0.15, -0.1) is 0 Å². The largest absolute Gasteiger partial charge is 0.388 e. The first-order chi connectivity index (χ1) is 15.8. The number of rotatable bonds is 2. The Labute approximate surface area is 201 Å². The number of ether oxygens (including phenoxy) is 4. The van der Waals surface area contributed by atoms with E-state index in [1.165, 1.54) is 5.57 Å². The van der Waals surface area contributed by atoms with Crippen molar-refractivity contribution in [1.82, 2.24) is 0 Å². The normalized spacial score (nSPS) is 52.2. The van der Waals surface area contributed by atoms with Gasteiger partial charge in [-0.2, -0.15) is 0 Å². The second-order valence-electron chi connectivity index (χ2n) is 12.9. The Hall–Kier alpha value is -1.12. The van der Waals surface area contributed by atoms with Crippen LogP contribution < -0.4 is 0 Å². The van der Waals surface area contributed by atoms with E-state index < -0.39 is 40.9 Å². The smallest absolute Gasteiger partial charge is 0.193 e. The van der Waals surface area contributed by atoms with E-state index in [2.05, 4.69) is 19.9 Å². The van der Waals surface area contributed by atoms with Crippen molar-refractivity contribution in [3.05, 3.63) is 11.6 Å². The van der Waals surface area contributed by atoms with Gasteiger partial charge in [0.05, 0.1) is 6.10 Å². The number of ketones is 2. The third kappa shape index (κ3) is 2.51. The van der Waals surface area contributed by atoms with Crippen molar-refractivity contribution in [3.63, 3.8) is 0 Å². The summed E-state index contributed by atoms with van der Waals surface area (Å²) < 4.78 is 25.6. The second kappa shape index (κ2) is 6.60. The van der Waals surface area contributed by atoms with Crippen LogP contribution in [0.15, 0.2) is 11.6 Å². The topological polar surface area (TPSA) is 91.3 Å². The molecule has 1 N–H and O–H groups in total. The molecule has 8 atom stereocenters. The average molecular weight is 475 g/mol. The molecule has 0 bridgehead atoms. The average Bonchev–Trinajstić information content (AvgIpc) is 3.29. The van der Waals surface area contributed by atoms with E-state index in [-0.39, 0.29) is 34.9 Å². The van der Waals surface area contributed by atoms with Crippen LogP contribution in [0.4, 0.5) is 0 Å². The van der Waals surface area contributed by atoms with E-state index in [4.69, 9.17) is 18.9 Å². The minimum atomic E-state index is -1.14. The summed E-state index contributed by atoms with van der Waals surface area (Å²) in [7, 11) is 0. The molecule has 6 rings (SSSR count). The zero-order valence-electron chi connectivity index (χ0n) is 21.2. The molecule has 0 aromatic rings. The first kappa shape index (κ1) is 23.3. The number of aliphatic hydroxyl groups excluding tert-OH is 1. The molecule has 2 saturated heterocycles. The molecule has 2 heterocycles. The number of carbonyl (C=O) groups excluding carboxylic acids is 2. The van der Waals surface area contributed by atoms with E-state index in [0.717, 1.165) is 25.7 Å². The van der Waals surface area contributed by atoms with Gasteiger partial charge in [-0.25, -0.2) is 0 Å². The van der Waals surface area contributed by atoms with Crippen molar-refractivity contribution in [2.75, 3.05) is 6.61 Å². The van der Waals surface area contributed by atoms with Crippen molar-refractivity contribution < 1.29 is 33.6 Å². The second-order valence-corrected chi connectivity index (χ2v) is 12.9. The summed E-state index contributed by atoms with van der Waals surface area (Å²) in [4.78, 5) is 26.3. The molecule has 0 amide bonds. The zero-order valence-corrected chi connectivity index (χ0v) is 21.2. The molecule has 1 spiro atoms. The molecule has 2 aliphatic heterocycles. The highest BCUT2D eigenvalue weighted by Crippen LogP contribution is 2.71. The van der Waals surface area contributed by atoms with Gasteiger partial charge < -0.3 is 24.1 Å². The van der Waals surface area contributed by atoms with E-state index in [1.54, 1.807) is 0 Å². The summed E-state index contributed by atoms with van der Waals surface area (Å²) >= 11 is 0. The number of carbonyl (C=O) groups is 2. The van der Waals surface area contributed by atoms with Gasteiger partial charge in [0.15, 0.2) is 28.7 Å². The van der Waals surface area contributed by atoms with Crippen molar-refractivity contribution >= 4 is 11.6 Å². The molecule has 0 aromatic carbocycles. The van der Waals surface area contributed by atoms with Crippen LogP contribution in [-0.4, -0.2) is 58.3 Å². The fraction of sp³-hybridized carbons (Fsp3) is 0.852. The number of fused-ring (bicyclic) bond motifs is 6. The SMILES string of the molecule is CC1(C)OC2C(=O)CCC3(C)C4=CCC5(C)C(CC6OC(C)(C)OC65C(=O)CO)C4CCC23O1. The van der Waals surface area contributed by atoms with Crippen molar-refractivity contribution in [2.45, 2.75) is 115 Å². The van der Waals surface area contributed by atoms with Gasteiger partial charge in [0.1, 0.15) is 18.3 Å². The van der Waals surface area contributed by atoms with Crippen molar-refractivity contribution in [3.8, 4) is 0 Å². The van der Waals surface area contributed by atoms with Gasteiger partial charge in [-0.3, -0.25) is 9.59 Å². The fourth-order valence-electron chi connectivity index (χ4n) is 9.19. The molecule has 0 radical (unpaired) electrons. The van der Waals surface area contributed by atoms with E-state index in [9.17, 15) is 14.7 Å². The Bertz CT molecular complexity index is 999. The highest BCUT2D eigenvalue weighted by molar-refractivity contribution is 5.91. The van der Waals surface area contributed by atoms with Gasteiger partial charge in [0, 0.05) is 17.3 Å². The summed E-state index contributed by atoms with van der Waals surface area (Å²) in [6.07, 6.45) is 5.64. The van der Waals surface area contributed by atoms with Crippen LogP contribution in [0.2, 0.25) is 0 Å². The summed E-state index contributed by atoms with van der Waals surface area (Å²) in [5.74, 6) is -1.36. The number of hydrogen-bond donors (Lipinski definition) is 1. The first-order valence-electron chi connectivity index (χ1n) is 12.9. The van der Waals surface area contributed by atoms with Gasteiger partial charge >= 0.3 is 0 Å². The highest BCUT2D eigenvalue weighted by atomic mass is 16.8. The van der Waals surface area contributed by atoms with Crippen LogP contribution in [0.1, 0.15) is 80.1 Å². The van der Waals surface area contributed by atoms with E-state index in [1.807, 2.05) is 27.7 Å². The maximum atomic E-state index is 13.3. The quantitative estimate of drug-likeness (QED) is 0.613. The van der Waals surface area contributed by atoms with E-state index >= 15 is 0 Å². The highest BCUT2D eigenvalue weighted by Gasteiger charge is 2.77. The van der Waals surface area contributed by atoms with Crippen LogP contribution in [0, 0.1) is 22.7 Å². The molecule has 3 saturated carbocycles. The summed E-state index contributed by atoms with van der Waals surface area (Å²) in [6, 6.07) is 0. The zero-order chi connectivity index (χ0) is 24.5. The number of aliphatic hydroxyl groups is 1. The third-order valence-corrected chi connectivity index (χ3v) is 10.4. The minimum Gasteiger partial charge on any atom is -0.388 e. The third-order valence-electron chi connectivity index (χ3n) is 10.4. The number of Topliss-reactive ketones (excluding diaryl/α,β-unsaturated/α-hetero) is 2. The van der Waals surface area contributed by atoms with E-state index in [0.29, 0.717) is 12.8 Å². The molecular formula is C27H38O7. The molecule has 188 valence electrons. The Balaban J connectivity index is 1.45. The Morgan fingerprint density at radius 3 is 2.47 bits per heavy atom. The molecular weight excluding hydrogens is 436 g/mol. The van der Waals surface area contributed by atoms with Gasteiger partial charge in [0.25, 0.3) is 0 Å². The Morgan fingerprint density at radius 2 is 1.76 bits per heavy atom. The minimum absolute atomic E-state index is 0.148. The van der Waals surface area contributed by atoms with Gasteiger partial charge in [-0.1, -0.05) is 25.5 Å². The standard InChI is InChI=1S/C27H38O7/c1-22(2)31-20-13-17-15-7-12-26-21(32-23(3,4)33-26)18(29)9-11-24(26,5)16(15)8-10-25(17,6)27(20,34-22)19(30)14-28/h8,15,17,20-21,28H,7,9-14H2,1-6H3. The molecule has 4 aliphatic carbocycles. The first-order valence-corrected chi connectivity index (χ1v) is 12.9. The van der Waals surface area contributed by atoms with Gasteiger partial charge in [-0.05, 0) is 71.6 Å². The maximum Gasteiger partial charge on any atom is 0.193 e. The number of allylic oxidation sites excluding steroid dienone is 1. The van der Waals surface area contributed by atoms with Crippen LogP contribution in [0.25, 0.3) is 0 Å². The summed E-state index contributed by atoms with van der Waals surface area (Å²) in [6.45, 7) is 11.4. The fourth-order valence-corrected chi connectivity index (χ4v) is 9.19. The lowest BCUT2D eigenvalue weighted by Crippen LogP contribution is -2.65. The van der Waals surface area contributed by atoms with Crippen LogP contribution in [-0.2, 0) is 28.5 Å². The van der Waals surface area contributed by atoms with Crippen LogP contribution >= 0.6 is 0 Å². The molecule has 7 heteroatoms. The molecule has 6 aliphatic rings. The van der Waals surface area contributed by atoms with Crippen LogP contribution in [0.3, 0.4) is 0 Å². The van der Waals surface area contributed by atoms with Crippen LogP contribution in [0.5, 0.6) is 0 Å². The molecule has 0 aromatic heterocycles. The monoisotopic (exact) mass is 474 g/mol. The lowest BCUT2D eigenvalue weighted by molar-refractivity contribution is -0.213. The molecule has 8 unspecified atom stereocenters. The van der Waals surface area contributed by atoms with Gasteiger partial charge in [0.2, 0.25) is 0 Å². The summed E-state index contributed by atoms with van der Waals surface area (Å²) in [5.41, 5.74) is -1.23. The number of hydrogen-bond acceptors (Lipinski definition) is 7. The Morgan fingerprint density at radius 1 is 1.06 bits per heavy atom. The maximum absolute atomic E-state index is 13.3. The van der Waals surface area contributed by atoms with Crippen molar-refractivity contribution in [2.24, 2.45) is 22.7 Å². The predicted octanol–water partition coefficient (Wildman–Crippen LogP) is 3.46. The summed E-state index contributed by atoms with van der Waals surface area (Å²) in [5, 5.41) is 9.95. The lowest BCUT2D eigenvalue weighted by Gasteiger charge is -2.61. The Kier molecular flexibility index (Phi) is 4.52. The van der Waals surface area contributed by atoms with Crippen molar-refractivity contribution in [1.29, 1.82) is 0 Å². The lowest BCUT2D eigenvalue weighted by atomic mass is 9.46. The molecule has 34 heavy (non-hydrogen) atoms. The predicted molar refractivity (Wildman–Crippen MR) is 122 cm³/mol.